The van der Waals surface area contributed by atoms with E-state index >= 15 is 0 Å². The van der Waals surface area contributed by atoms with E-state index < -0.39 is 0 Å². The molecule has 0 amide bonds. The van der Waals surface area contributed by atoms with Crippen LogP contribution in [0.15, 0.2) is 6.07 Å². The van der Waals surface area contributed by atoms with Crippen molar-refractivity contribution in [3.63, 3.8) is 0 Å². The molecule has 2 N–H and O–H groups in total. The van der Waals surface area contributed by atoms with Gasteiger partial charge in [0.05, 0.1) is 5.69 Å². The van der Waals surface area contributed by atoms with E-state index in [0.717, 1.165) is 31.9 Å². The van der Waals surface area contributed by atoms with E-state index in [4.69, 9.17) is 0 Å². The van der Waals surface area contributed by atoms with Crippen LogP contribution in [0.3, 0.4) is 0 Å². The molecule has 0 radical (unpaired) electrons. The normalized spacial score (nSPS) is 26.9. The number of hydrogen-bond donors (Lipinski definition) is 2. The molecule has 2 fully saturated rings. The Morgan fingerprint density at radius 2 is 1.76 bits per heavy atom. The van der Waals surface area contributed by atoms with Crippen LogP contribution >= 0.6 is 0 Å². The minimum absolute atomic E-state index is 0.0860. The minimum Gasteiger partial charge on any atom is -0.396 e. The molecule has 1 aromatic rings. The Kier molecular flexibility index (Phi) is 6.18. The molecule has 5 nitrogen and oxygen atoms in total. The SMILES string of the molecule is CC(C)(C)c1cc(CN2C[C@@H](CN3CCCCCC3)[C@@H](CO)C2)[nH]n1. The second-order valence-electron chi connectivity index (χ2n) is 9.14. The highest BCUT2D eigenvalue weighted by Crippen LogP contribution is 2.27. The van der Waals surface area contributed by atoms with Crippen LogP contribution in [-0.4, -0.2) is 64.4 Å². The molecule has 2 atom stereocenters. The summed E-state index contributed by atoms with van der Waals surface area (Å²) in [5, 5.41) is 17.5. The molecule has 0 saturated carbocycles. The summed E-state index contributed by atoms with van der Waals surface area (Å²) in [6, 6.07) is 2.20. The summed E-state index contributed by atoms with van der Waals surface area (Å²) in [6.07, 6.45) is 5.44. The van der Waals surface area contributed by atoms with Gasteiger partial charge in [0.1, 0.15) is 0 Å². The highest BCUT2D eigenvalue weighted by molar-refractivity contribution is 5.16. The zero-order valence-corrected chi connectivity index (χ0v) is 16.3. The van der Waals surface area contributed by atoms with Crippen LogP contribution < -0.4 is 0 Å². The fourth-order valence-electron chi connectivity index (χ4n) is 4.30. The Morgan fingerprint density at radius 1 is 1.08 bits per heavy atom. The van der Waals surface area contributed by atoms with Gasteiger partial charge in [-0.1, -0.05) is 33.6 Å². The number of H-pyrrole nitrogens is 1. The molecule has 1 aromatic heterocycles. The molecule has 0 spiro atoms. The van der Waals surface area contributed by atoms with Crippen molar-refractivity contribution in [2.24, 2.45) is 11.8 Å². The molecule has 3 heterocycles. The highest BCUT2D eigenvalue weighted by atomic mass is 16.3. The monoisotopic (exact) mass is 348 g/mol. The number of aromatic nitrogens is 2. The lowest BCUT2D eigenvalue weighted by molar-refractivity contribution is 0.165. The van der Waals surface area contributed by atoms with Crippen molar-refractivity contribution in [1.82, 2.24) is 20.0 Å². The molecule has 25 heavy (non-hydrogen) atoms. The fraction of sp³-hybridized carbons (Fsp3) is 0.850. The van der Waals surface area contributed by atoms with E-state index in [1.807, 2.05) is 0 Å². The maximum atomic E-state index is 9.85. The van der Waals surface area contributed by atoms with Gasteiger partial charge in [0.15, 0.2) is 0 Å². The van der Waals surface area contributed by atoms with E-state index in [0.29, 0.717) is 18.4 Å². The molecule has 2 aliphatic heterocycles. The maximum Gasteiger partial charge on any atom is 0.0678 e. The number of hydrogen-bond acceptors (Lipinski definition) is 4. The van der Waals surface area contributed by atoms with Gasteiger partial charge >= 0.3 is 0 Å². The molecule has 142 valence electrons. The largest absolute Gasteiger partial charge is 0.396 e. The average molecular weight is 349 g/mol. The van der Waals surface area contributed by atoms with Crippen molar-refractivity contribution in [2.45, 2.75) is 58.4 Å². The predicted octanol–water partition coefficient (Wildman–Crippen LogP) is 2.62. The van der Waals surface area contributed by atoms with Crippen molar-refractivity contribution in [3.8, 4) is 0 Å². The highest BCUT2D eigenvalue weighted by Gasteiger charge is 2.33. The predicted molar refractivity (Wildman–Crippen MR) is 102 cm³/mol. The molecule has 5 heteroatoms. The van der Waals surface area contributed by atoms with Crippen molar-refractivity contribution in [1.29, 1.82) is 0 Å². The number of likely N-dealkylation sites (tertiary alicyclic amines) is 2. The van der Waals surface area contributed by atoms with Crippen molar-refractivity contribution >= 4 is 0 Å². The number of nitrogens with one attached hydrogen (secondary N) is 1. The van der Waals surface area contributed by atoms with Crippen molar-refractivity contribution in [2.75, 3.05) is 39.3 Å². The first-order valence-electron chi connectivity index (χ1n) is 10.1. The number of aliphatic hydroxyl groups is 1. The Morgan fingerprint density at radius 3 is 2.36 bits per heavy atom. The summed E-state index contributed by atoms with van der Waals surface area (Å²) in [5.74, 6) is 1.00. The molecule has 2 aliphatic rings. The van der Waals surface area contributed by atoms with Gasteiger partial charge in [-0.3, -0.25) is 10.00 Å². The van der Waals surface area contributed by atoms with E-state index in [1.165, 1.54) is 44.5 Å². The van der Waals surface area contributed by atoms with Crippen LogP contribution in [0.2, 0.25) is 0 Å². The molecular formula is C20H36N4O. The van der Waals surface area contributed by atoms with Gasteiger partial charge in [-0.25, -0.2) is 0 Å². The Labute approximate surface area is 152 Å². The lowest BCUT2D eigenvalue weighted by atomic mass is 9.92. The number of rotatable bonds is 5. The van der Waals surface area contributed by atoms with Crippen LogP contribution in [0.25, 0.3) is 0 Å². The smallest absolute Gasteiger partial charge is 0.0678 e. The second kappa shape index (κ2) is 8.19. The van der Waals surface area contributed by atoms with Gasteiger partial charge in [-0.05, 0) is 43.8 Å². The second-order valence-corrected chi connectivity index (χ2v) is 9.14. The quantitative estimate of drug-likeness (QED) is 0.859. The Balaban J connectivity index is 1.56. The number of aromatic amines is 1. The summed E-state index contributed by atoms with van der Waals surface area (Å²) in [4.78, 5) is 5.13. The molecule has 2 saturated heterocycles. The number of nitrogens with zero attached hydrogens (tertiary/aromatic N) is 3. The third-order valence-electron chi connectivity index (χ3n) is 5.87. The van der Waals surface area contributed by atoms with Gasteiger partial charge in [0.2, 0.25) is 0 Å². The van der Waals surface area contributed by atoms with E-state index in [-0.39, 0.29) is 5.41 Å². The first-order valence-corrected chi connectivity index (χ1v) is 10.1. The maximum absolute atomic E-state index is 9.85. The standard InChI is InChI=1S/C20H36N4O/c1-20(2,3)19-10-18(21-22-19)14-24-12-16(17(13-24)15-25)11-23-8-6-4-5-7-9-23/h10,16-17,25H,4-9,11-15H2,1-3H3,(H,21,22)/t16-,17-/m1/s1. The van der Waals surface area contributed by atoms with Crippen LogP contribution in [0.4, 0.5) is 0 Å². The first kappa shape index (κ1) is 18.9. The summed E-state index contributed by atoms with van der Waals surface area (Å²) in [5.41, 5.74) is 2.40. The van der Waals surface area contributed by atoms with E-state index in [1.54, 1.807) is 0 Å². The third kappa shape index (κ3) is 5.05. The van der Waals surface area contributed by atoms with Gasteiger partial charge in [-0.15, -0.1) is 0 Å². The summed E-state index contributed by atoms with van der Waals surface area (Å²) >= 11 is 0. The van der Waals surface area contributed by atoms with Crippen molar-refractivity contribution < 1.29 is 5.11 Å². The molecule has 3 rings (SSSR count). The lowest BCUT2D eigenvalue weighted by Gasteiger charge is -2.26. The van der Waals surface area contributed by atoms with E-state index in [2.05, 4.69) is 46.8 Å². The zero-order valence-electron chi connectivity index (χ0n) is 16.3. The van der Waals surface area contributed by atoms with Crippen LogP contribution in [0, 0.1) is 11.8 Å². The molecule has 0 bridgehead atoms. The minimum atomic E-state index is 0.0860. The average Bonchev–Trinajstić information content (AvgIpc) is 3.09. The lowest BCUT2D eigenvalue weighted by Crippen LogP contribution is -2.34. The van der Waals surface area contributed by atoms with Gasteiger partial charge in [0, 0.05) is 43.9 Å². The van der Waals surface area contributed by atoms with Gasteiger partial charge in [0.25, 0.3) is 0 Å². The Bertz CT molecular complexity index is 528. The van der Waals surface area contributed by atoms with Crippen molar-refractivity contribution in [3.05, 3.63) is 17.5 Å². The summed E-state index contributed by atoms with van der Waals surface area (Å²) in [7, 11) is 0. The fourth-order valence-corrected chi connectivity index (χ4v) is 4.30. The summed E-state index contributed by atoms with van der Waals surface area (Å²) in [6.45, 7) is 13.5. The molecular weight excluding hydrogens is 312 g/mol. The summed E-state index contributed by atoms with van der Waals surface area (Å²) < 4.78 is 0. The van der Waals surface area contributed by atoms with Crippen LogP contribution in [0.5, 0.6) is 0 Å². The van der Waals surface area contributed by atoms with Gasteiger partial charge in [-0.2, -0.15) is 5.10 Å². The van der Waals surface area contributed by atoms with Crippen LogP contribution in [-0.2, 0) is 12.0 Å². The topological polar surface area (TPSA) is 55.4 Å². The third-order valence-corrected chi connectivity index (χ3v) is 5.87. The first-order chi connectivity index (χ1) is 12.0. The molecule has 0 aliphatic carbocycles. The Hall–Kier alpha value is -0.910. The molecule has 0 aromatic carbocycles. The zero-order chi connectivity index (χ0) is 17.9. The van der Waals surface area contributed by atoms with Gasteiger partial charge < -0.3 is 10.0 Å². The number of aliphatic hydroxyl groups excluding tert-OH is 1. The van der Waals surface area contributed by atoms with E-state index in [9.17, 15) is 5.11 Å². The molecule has 0 unspecified atom stereocenters. The van der Waals surface area contributed by atoms with Crippen LogP contribution in [0.1, 0.15) is 57.8 Å².